The predicted octanol–water partition coefficient (Wildman–Crippen LogP) is 1.76. The van der Waals surface area contributed by atoms with Crippen molar-refractivity contribution < 1.29 is 0 Å². The van der Waals surface area contributed by atoms with Crippen LogP contribution in [0, 0.1) is 0 Å². The van der Waals surface area contributed by atoms with Crippen molar-refractivity contribution in [3.63, 3.8) is 0 Å². The average Bonchev–Trinajstić information content (AvgIpc) is 2.15. The van der Waals surface area contributed by atoms with Crippen molar-refractivity contribution in [3.8, 4) is 0 Å². The SMILES string of the molecule is CCNCCNc1ccc(Cl)cn1. The monoisotopic (exact) mass is 199 g/mol. The van der Waals surface area contributed by atoms with E-state index in [2.05, 4.69) is 22.5 Å². The molecule has 0 atom stereocenters. The lowest BCUT2D eigenvalue weighted by molar-refractivity contribution is 0.738. The zero-order chi connectivity index (χ0) is 9.52. The Balaban J connectivity index is 2.25. The zero-order valence-corrected chi connectivity index (χ0v) is 8.43. The Kier molecular flexibility index (Phi) is 4.57. The van der Waals surface area contributed by atoms with Gasteiger partial charge in [0.25, 0.3) is 0 Å². The van der Waals surface area contributed by atoms with Gasteiger partial charge >= 0.3 is 0 Å². The molecular weight excluding hydrogens is 186 g/mol. The Labute approximate surface area is 83.5 Å². The van der Waals surface area contributed by atoms with Crippen molar-refractivity contribution in [2.24, 2.45) is 0 Å². The highest BCUT2D eigenvalue weighted by Gasteiger charge is 1.91. The molecule has 0 aliphatic rings. The first-order valence-electron chi connectivity index (χ1n) is 4.39. The van der Waals surface area contributed by atoms with Gasteiger partial charge < -0.3 is 10.6 Å². The molecule has 0 radical (unpaired) electrons. The molecule has 0 fully saturated rings. The second kappa shape index (κ2) is 5.78. The fourth-order valence-corrected chi connectivity index (χ4v) is 1.05. The van der Waals surface area contributed by atoms with E-state index in [-0.39, 0.29) is 0 Å². The lowest BCUT2D eigenvalue weighted by atomic mass is 10.4. The van der Waals surface area contributed by atoms with Crippen molar-refractivity contribution in [2.75, 3.05) is 25.0 Å². The largest absolute Gasteiger partial charge is 0.369 e. The maximum Gasteiger partial charge on any atom is 0.126 e. The van der Waals surface area contributed by atoms with E-state index in [9.17, 15) is 0 Å². The molecule has 1 aromatic rings. The molecule has 1 rings (SSSR count). The second-order valence-corrected chi connectivity index (χ2v) is 3.08. The Hall–Kier alpha value is -0.800. The highest BCUT2D eigenvalue weighted by molar-refractivity contribution is 6.30. The number of nitrogens with zero attached hydrogens (tertiary/aromatic N) is 1. The van der Waals surface area contributed by atoms with E-state index < -0.39 is 0 Å². The van der Waals surface area contributed by atoms with Crippen LogP contribution in [0.15, 0.2) is 18.3 Å². The minimum Gasteiger partial charge on any atom is -0.369 e. The van der Waals surface area contributed by atoms with Crippen LogP contribution in [0.25, 0.3) is 0 Å². The van der Waals surface area contributed by atoms with Crippen molar-refractivity contribution in [3.05, 3.63) is 23.4 Å². The molecule has 3 nitrogen and oxygen atoms in total. The number of anilines is 1. The number of aromatic nitrogens is 1. The fourth-order valence-electron chi connectivity index (χ4n) is 0.936. The number of hydrogen-bond donors (Lipinski definition) is 2. The van der Waals surface area contributed by atoms with Crippen molar-refractivity contribution in [1.29, 1.82) is 0 Å². The minimum absolute atomic E-state index is 0.664. The smallest absolute Gasteiger partial charge is 0.126 e. The molecule has 1 aromatic heterocycles. The van der Waals surface area contributed by atoms with Crippen LogP contribution >= 0.6 is 11.6 Å². The number of rotatable bonds is 5. The standard InChI is InChI=1S/C9H14ClN3/c1-2-11-5-6-12-9-4-3-8(10)7-13-9/h3-4,7,11H,2,5-6H2,1H3,(H,12,13). The Bertz CT molecular complexity index is 235. The Morgan fingerprint density at radius 1 is 1.38 bits per heavy atom. The van der Waals surface area contributed by atoms with Crippen molar-refractivity contribution >= 4 is 17.4 Å². The molecule has 1 heterocycles. The van der Waals surface area contributed by atoms with Gasteiger partial charge in [0.2, 0.25) is 0 Å². The minimum atomic E-state index is 0.664. The van der Waals surface area contributed by atoms with Gasteiger partial charge in [-0.3, -0.25) is 0 Å². The van der Waals surface area contributed by atoms with Crippen LogP contribution in [-0.4, -0.2) is 24.6 Å². The second-order valence-electron chi connectivity index (χ2n) is 2.64. The van der Waals surface area contributed by atoms with Crippen LogP contribution in [0.1, 0.15) is 6.92 Å². The van der Waals surface area contributed by atoms with Crippen LogP contribution in [0.2, 0.25) is 5.02 Å². The molecular formula is C9H14ClN3. The van der Waals surface area contributed by atoms with Crippen LogP contribution in [-0.2, 0) is 0 Å². The fraction of sp³-hybridized carbons (Fsp3) is 0.444. The summed E-state index contributed by atoms with van der Waals surface area (Å²) in [5.74, 6) is 0.863. The third kappa shape index (κ3) is 4.10. The van der Waals surface area contributed by atoms with E-state index >= 15 is 0 Å². The molecule has 13 heavy (non-hydrogen) atoms. The molecule has 4 heteroatoms. The maximum absolute atomic E-state index is 5.69. The third-order valence-electron chi connectivity index (χ3n) is 1.59. The van der Waals surface area contributed by atoms with E-state index in [1.807, 2.05) is 12.1 Å². The number of likely N-dealkylation sites (N-methyl/N-ethyl adjacent to an activating group) is 1. The summed E-state index contributed by atoms with van der Waals surface area (Å²) in [5, 5.41) is 7.05. The topological polar surface area (TPSA) is 37.0 Å². The molecule has 0 unspecified atom stereocenters. The summed E-state index contributed by atoms with van der Waals surface area (Å²) in [5.41, 5.74) is 0. The summed E-state index contributed by atoms with van der Waals surface area (Å²) in [6.07, 6.45) is 1.64. The summed E-state index contributed by atoms with van der Waals surface area (Å²) in [6.45, 7) is 4.90. The molecule has 0 spiro atoms. The summed E-state index contributed by atoms with van der Waals surface area (Å²) >= 11 is 5.69. The van der Waals surface area contributed by atoms with Gasteiger partial charge in [-0.15, -0.1) is 0 Å². The lowest BCUT2D eigenvalue weighted by Crippen LogP contribution is -2.21. The van der Waals surface area contributed by atoms with E-state index in [0.29, 0.717) is 5.02 Å². The van der Waals surface area contributed by atoms with Crippen LogP contribution < -0.4 is 10.6 Å². The molecule has 0 saturated carbocycles. The summed E-state index contributed by atoms with van der Waals surface area (Å²) in [6, 6.07) is 3.69. The Morgan fingerprint density at radius 2 is 2.23 bits per heavy atom. The summed E-state index contributed by atoms with van der Waals surface area (Å²) in [7, 11) is 0. The van der Waals surface area contributed by atoms with Crippen LogP contribution in [0.5, 0.6) is 0 Å². The number of halogens is 1. The molecule has 0 aromatic carbocycles. The van der Waals surface area contributed by atoms with E-state index in [1.165, 1.54) is 0 Å². The first-order chi connectivity index (χ1) is 6.33. The average molecular weight is 200 g/mol. The van der Waals surface area contributed by atoms with Gasteiger partial charge in [-0.2, -0.15) is 0 Å². The normalized spacial score (nSPS) is 10.0. The third-order valence-corrected chi connectivity index (χ3v) is 1.81. The predicted molar refractivity (Wildman–Crippen MR) is 56.3 cm³/mol. The van der Waals surface area contributed by atoms with E-state index in [0.717, 1.165) is 25.5 Å². The summed E-state index contributed by atoms with van der Waals surface area (Å²) in [4.78, 5) is 4.11. The number of pyridine rings is 1. The van der Waals surface area contributed by atoms with E-state index in [1.54, 1.807) is 6.20 Å². The summed E-state index contributed by atoms with van der Waals surface area (Å²) < 4.78 is 0. The molecule has 0 amide bonds. The van der Waals surface area contributed by atoms with Gasteiger partial charge in [-0.25, -0.2) is 4.98 Å². The van der Waals surface area contributed by atoms with Gasteiger partial charge in [0.1, 0.15) is 5.82 Å². The van der Waals surface area contributed by atoms with Gasteiger partial charge in [0, 0.05) is 19.3 Å². The highest BCUT2D eigenvalue weighted by Crippen LogP contribution is 2.08. The molecule has 2 N–H and O–H groups in total. The van der Waals surface area contributed by atoms with Gasteiger partial charge in [-0.05, 0) is 18.7 Å². The molecule has 0 bridgehead atoms. The van der Waals surface area contributed by atoms with Crippen molar-refractivity contribution in [2.45, 2.75) is 6.92 Å². The molecule has 0 aliphatic heterocycles. The van der Waals surface area contributed by atoms with Crippen molar-refractivity contribution in [1.82, 2.24) is 10.3 Å². The number of hydrogen-bond acceptors (Lipinski definition) is 3. The molecule has 0 saturated heterocycles. The van der Waals surface area contributed by atoms with Gasteiger partial charge in [-0.1, -0.05) is 18.5 Å². The van der Waals surface area contributed by atoms with Crippen LogP contribution in [0.3, 0.4) is 0 Å². The Morgan fingerprint density at radius 3 is 2.85 bits per heavy atom. The van der Waals surface area contributed by atoms with Gasteiger partial charge in [0.15, 0.2) is 0 Å². The number of nitrogens with one attached hydrogen (secondary N) is 2. The first-order valence-corrected chi connectivity index (χ1v) is 4.77. The first kappa shape index (κ1) is 10.3. The van der Waals surface area contributed by atoms with E-state index in [4.69, 9.17) is 11.6 Å². The lowest BCUT2D eigenvalue weighted by Gasteiger charge is -2.04. The van der Waals surface area contributed by atoms with Gasteiger partial charge in [0.05, 0.1) is 5.02 Å². The molecule has 72 valence electrons. The van der Waals surface area contributed by atoms with Crippen LogP contribution in [0.4, 0.5) is 5.82 Å². The zero-order valence-electron chi connectivity index (χ0n) is 7.68. The molecule has 0 aliphatic carbocycles. The highest BCUT2D eigenvalue weighted by atomic mass is 35.5. The quantitative estimate of drug-likeness (QED) is 0.710. The maximum atomic E-state index is 5.69.